The first-order valence-corrected chi connectivity index (χ1v) is 8.73. The molecule has 0 bridgehead atoms. The van der Waals surface area contributed by atoms with Crippen molar-refractivity contribution in [2.24, 2.45) is 0 Å². The van der Waals surface area contributed by atoms with Crippen LogP contribution in [0.4, 0.5) is 5.69 Å². The van der Waals surface area contributed by atoms with Crippen molar-refractivity contribution in [2.45, 2.75) is 33.2 Å². The Bertz CT molecular complexity index is 337. The van der Waals surface area contributed by atoms with E-state index in [9.17, 15) is 0 Å². The lowest BCUT2D eigenvalue weighted by molar-refractivity contribution is 0.296. The van der Waals surface area contributed by atoms with Gasteiger partial charge >= 0.3 is 0 Å². The molecule has 0 aliphatic rings. The Balaban J connectivity index is 2.38. The van der Waals surface area contributed by atoms with E-state index < -0.39 is 0 Å². The van der Waals surface area contributed by atoms with E-state index in [1.54, 1.807) is 0 Å². The summed E-state index contributed by atoms with van der Waals surface area (Å²) >= 11 is 1.93. The van der Waals surface area contributed by atoms with Crippen LogP contribution >= 0.6 is 11.8 Å². The number of nitrogens with zero attached hydrogens (tertiary/aromatic N) is 1. The molecule has 0 amide bonds. The molecule has 0 aromatic heterocycles. The molecule has 1 aromatic rings. The largest absolute Gasteiger partial charge is 0.385 e. The summed E-state index contributed by atoms with van der Waals surface area (Å²) in [7, 11) is 0. The van der Waals surface area contributed by atoms with Crippen LogP contribution in [0.3, 0.4) is 0 Å². The van der Waals surface area contributed by atoms with E-state index in [0.717, 1.165) is 26.2 Å². The Morgan fingerprint density at radius 2 is 1.95 bits per heavy atom. The molecule has 0 saturated carbocycles. The van der Waals surface area contributed by atoms with Gasteiger partial charge in [-0.2, -0.15) is 11.8 Å². The number of thioether (sulfide) groups is 1. The van der Waals surface area contributed by atoms with Gasteiger partial charge in [0, 0.05) is 18.8 Å². The second kappa shape index (κ2) is 10.2. The summed E-state index contributed by atoms with van der Waals surface area (Å²) in [6.45, 7) is 8.80. The molecular weight excluding hydrogens is 252 g/mol. The normalized spacial score (nSPS) is 10.9. The van der Waals surface area contributed by atoms with Crippen LogP contribution in [0.2, 0.25) is 0 Å². The van der Waals surface area contributed by atoms with Crippen molar-refractivity contribution in [1.29, 1.82) is 0 Å². The number of benzene rings is 1. The smallest absolute Gasteiger partial charge is 0.0343 e. The lowest BCUT2D eigenvalue weighted by Crippen LogP contribution is -2.22. The SMILES string of the molecule is CCN(CC)Cc1cccc(NCCCCSC)c1. The second-order valence-electron chi connectivity index (χ2n) is 4.79. The van der Waals surface area contributed by atoms with E-state index in [2.05, 4.69) is 54.6 Å². The lowest BCUT2D eigenvalue weighted by Gasteiger charge is -2.18. The molecule has 0 aliphatic carbocycles. The predicted octanol–water partition coefficient (Wildman–Crippen LogP) is 4.08. The highest BCUT2D eigenvalue weighted by atomic mass is 32.2. The fourth-order valence-corrected chi connectivity index (χ4v) is 2.58. The zero-order chi connectivity index (χ0) is 13.9. The third kappa shape index (κ3) is 6.88. The average molecular weight is 280 g/mol. The Labute approximate surface area is 123 Å². The average Bonchev–Trinajstić information content (AvgIpc) is 2.45. The maximum atomic E-state index is 3.53. The van der Waals surface area contributed by atoms with Gasteiger partial charge in [0.05, 0.1) is 0 Å². The van der Waals surface area contributed by atoms with Gasteiger partial charge in [0.25, 0.3) is 0 Å². The Morgan fingerprint density at radius 3 is 2.63 bits per heavy atom. The molecule has 0 radical (unpaired) electrons. The third-order valence-corrected chi connectivity index (χ3v) is 4.03. The van der Waals surface area contributed by atoms with Gasteiger partial charge in [-0.25, -0.2) is 0 Å². The third-order valence-electron chi connectivity index (χ3n) is 3.33. The van der Waals surface area contributed by atoms with Crippen LogP contribution < -0.4 is 5.32 Å². The summed E-state index contributed by atoms with van der Waals surface area (Å²) in [5.74, 6) is 1.27. The summed E-state index contributed by atoms with van der Waals surface area (Å²) in [5, 5.41) is 3.53. The van der Waals surface area contributed by atoms with Gasteiger partial charge in [0.1, 0.15) is 0 Å². The van der Waals surface area contributed by atoms with Gasteiger partial charge in [-0.3, -0.25) is 4.90 Å². The topological polar surface area (TPSA) is 15.3 Å². The number of hydrogen-bond donors (Lipinski definition) is 1. The Hall–Kier alpha value is -0.670. The first-order valence-electron chi connectivity index (χ1n) is 7.34. The molecule has 0 heterocycles. The molecule has 108 valence electrons. The summed E-state index contributed by atoms with van der Waals surface area (Å²) in [6.07, 6.45) is 4.72. The van der Waals surface area contributed by atoms with E-state index in [-0.39, 0.29) is 0 Å². The molecule has 1 rings (SSSR count). The fraction of sp³-hybridized carbons (Fsp3) is 0.625. The van der Waals surface area contributed by atoms with Gasteiger partial charge in [-0.15, -0.1) is 0 Å². The van der Waals surface area contributed by atoms with Crippen molar-refractivity contribution in [1.82, 2.24) is 4.90 Å². The molecule has 19 heavy (non-hydrogen) atoms. The summed E-state index contributed by atoms with van der Waals surface area (Å²) in [6, 6.07) is 8.83. The molecule has 3 heteroatoms. The Morgan fingerprint density at radius 1 is 1.16 bits per heavy atom. The summed E-state index contributed by atoms with van der Waals surface area (Å²) in [5.41, 5.74) is 2.66. The van der Waals surface area contributed by atoms with Crippen LogP contribution in [-0.2, 0) is 6.54 Å². The molecular formula is C16H28N2S. The van der Waals surface area contributed by atoms with Crippen LogP contribution in [-0.4, -0.2) is 36.5 Å². The van der Waals surface area contributed by atoms with E-state index in [1.807, 2.05) is 11.8 Å². The number of anilines is 1. The standard InChI is InChI=1S/C16H28N2S/c1-4-18(5-2)14-15-9-8-10-16(13-15)17-11-6-7-12-19-3/h8-10,13,17H,4-7,11-12,14H2,1-3H3. The van der Waals surface area contributed by atoms with Crippen molar-refractivity contribution in [3.63, 3.8) is 0 Å². The number of rotatable bonds is 10. The number of hydrogen-bond acceptors (Lipinski definition) is 3. The minimum atomic E-state index is 1.05. The fourth-order valence-electron chi connectivity index (χ4n) is 2.09. The quantitative estimate of drug-likeness (QED) is 0.650. The van der Waals surface area contributed by atoms with Gasteiger partial charge < -0.3 is 5.32 Å². The van der Waals surface area contributed by atoms with E-state index in [0.29, 0.717) is 0 Å². The van der Waals surface area contributed by atoms with Crippen LogP contribution in [0.1, 0.15) is 32.3 Å². The highest BCUT2D eigenvalue weighted by Crippen LogP contribution is 2.13. The monoisotopic (exact) mass is 280 g/mol. The number of unbranched alkanes of at least 4 members (excludes halogenated alkanes) is 1. The minimum Gasteiger partial charge on any atom is -0.385 e. The molecule has 0 spiro atoms. The van der Waals surface area contributed by atoms with Crippen LogP contribution in [0.5, 0.6) is 0 Å². The zero-order valence-corrected chi connectivity index (χ0v) is 13.4. The highest BCUT2D eigenvalue weighted by Gasteiger charge is 2.01. The van der Waals surface area contributed by atoms with Crippen molar-refractivity contribution >= 4 is 17.4 Å². The van der Waals surface area contributed by atoms with Crippen molar-refractivity contribution in [3.05, 3.63) is 29.8 Å². The second-order valence-corrected chi connectivity index (χ2v) is 5.77. The molecule has 2 nitrogen and oxygen atoms in total. The van der Waals surface area contributed by atoms with Crippen LogP contribution in [0, 0.1) is 0 Å². The molecule has 0 aliphatic heterocycles. The van der Waals surface area contributed by atoms with Crippen molar-refractivity contribution in [2.75, 3.05) is 37.0 Å². The maximum absolute atomic E-state index is 3.53. The van der Waals surface area contributed by atoms with Gasteiger partial charge in [-0.05, 0) is 55.6 Å². The van der Waals surface area contributed by atoms with Crippen molar-refractivity contribution in [3.8, 4) is 0 Å². The van der Waals surface area contributed by atoms with E-state index in [1.165, 1.54) is 29.8 Å². The zero-order valence-electron chi connectivity index (χ0n) is 12.6. The van der Waals surface area contributed by atoms with Crippen molar-refractivity contribution < 1.29 is 0 Å². The first-order chi connectivity index (χ1) is 9.30. The molecule has 0 saturated heterocycles. The van der Waals surface area contributed by atoms with Gasteiger partial charge in [-0.1, -0.05) is 26.0 Å². The summed E-state index contributed by atoms with van der Waals surface area (Å²) in [4.78, 5) is 2.44. The molecule has 1 aromatic carbocycles. The molecule has 1 N–H and O–H groups in total. The van der Waals surface area contributed by atoms with Crippen LogP contribution in [0.25, 0.3) is 0 Å². The number of nitrogens with one attached hydrogen (secondary N) is 1. The molecule has 0 unspecified atom stereocenters. The van der Waals surface area contributed by atoms with E-state index >= 15 is 0 Å². The molecule has 0 fully saturated rings. The molecule has 0 atom stereocenters. The highest BCUT2D eigenvalue weighted by molar-refractivity contribution is 7.98. The minimum absolute atomic E-state index is 1.05. The van der Waals surface area contributed by atoms with Gasteiger partial charge in [0.2, 0.25) is 0 Å². The van der Waals surface area contributed by atoms with E-state index in [4.69, 9.17) is 0 Å². The Kier molecular flexibility index (Phi) is 8.76. The lowest BCUT2D eigenvalue weighted by atomic mass is 10.2. The maximum Gasteiger partial charge on any atom is 0.0343 e. The van der Waals surface area contributed by atoms with Gasteiger partial charge in [0.15, 0.2) is 0 Å². The summed E-state index contributed by atoms with van der Waals surface area (Å²) < 4.78 is 0. The van der Waals surface area contributed by atoms with Crippen LogP contribution in [0.15, 0.2) is 24.3 Å². The predicted molar refractivity (Wildman–Crippen MR) is 89.2 cm³/mol. The first kappa shape index (κ1) is 16.4.